The molecule has 0 spiro atoms. The highest BCUT2D eigenvalue weighted by Crippen LogP contribution is 2.22. The number of nitrogens with zero attached hydrogens (tertiary/aromatic N) is 2. The Morgan fingerprint density at radius 2 is 2.07 bits per heavy atom. The number of hydrogen-bond donors (Lipinski definition) is 2. The maximum atomic E-state index is 13.4. The third kappa shape index (κ3) is 3.96. The first-order valence-corrected chi connectivity index (χ1v) is 9.14. The van der Waals surface area contributed by atoms with E-state index in [1.165, 1.54) is 11.0 Å². The zero-order valence-electron chi connectivity index (χ0n) is 15.7. The molecule has 2 amide bonds. The molecule has 2 aromatic carbocycles. The Morgan fingerprint density at radius 1 is 1.28 bits per heavy atom. The Balaban J connectivity index is 1.36. The fourth-order valence-electron chi connectivity index (χ4n) is 3.14. The minimum Gasteiger partial charge on any atom is -0.442 e. The predicted molar refractivity (Wildman–Crippen MR) is 105 cm³/mol. The van der Waals surface area contributed by atoms with E-state index in [9.17, 15) is 14.0 Å². The van der Waals surface area contributed by atoms with Crippen molar-refractivity contribution in [2.45, 2.75) is 13.0 Å². The van der Waals surface area contributed by atoms with Crippen LogP contribution in [0.2, 0.25) is 0 Å². The van der Waals surface area contributed by atoms with Crippen LogP contribution in [0, 0.1) is 12.7 Å². The van der Waals surface area contributed by atoms with Gasteiger partial charge in [-0.1, -0.05) is 18.2 Å². The molecular formula is C21H19FN4O3. The van der Waals surface area contributed by atoms with Gasteiger partial charge in [-0.2, -0.15) is 5.10 Å². The van der Waals surface area contributed by atoms with Crippen LogP contribution in [0.3, 0.4) is 0 Å². The zero-order valence-corrected chi connectivity index (χ0v) is 15.7. The molecular weight excluding hydrogens is 375 g/mol. The summed E-state index contributed by atoms with van der Waals surface area (Å²) in [6.07, 6.45) is -0.889. The lowest BCUT2D eigenvalue weighted by molar-refractivity contribution is 0.0911. The molecule has 7 nitrogen and oxygen atoms in total. The highest BCUT2D eigenvalue weighted by atomic mass is 19.1. The number of rotatable bonds is 5. The topological polar surface area (TPSA) is 87.3 Å². The largest absolute Gasteiger partial charge is 0.442 e. The number of H-pyrrole nitrogens is 1. The lowest BCUT2D eigenvalue weighted by Gasteiger charge is -2.12. The third-order valence-corrected chi connectivity index (χ3v) is 4.71. The van der Waals surface area contributed by atoms with E-state index in [1.807, 2.05) is 30.3 Å². The number of cyclic esters (lactones) is 1. The molecule has 148 valence electrons. The summed E-state index contributed by atoms with van der Waals surface area (Å²) in [7, 11) is 0. The molecule has 1 saturated heterocycles. The molecule has 0 radical (unpaired) electrons. The summed E-state index contributed by atoms with van der Waals surface area (Å²) >= 11 is 0. The molecule has 1 aliphatic rings. The Hall–Kier alpha value is -3.68. The van der Waals surface area contributed by atoms with E-state index >= 15 is 0 Å². The van der Waals surface area contributed by atoms with Crippen molar-refractivity contribution in [1.29, 1.82) is 0 Å². The lowest BCUT2D eigenvalue weighted by atomic mass is 10.1. The van der Waals surface area contributed by atoms with Gasteiger partial charge in [0.15, 0.2) is 0 Å². The Bertz CT molecular complexity index is 1050. The molecule has 4 rings (SSSR count). The molecule has 2 heterocycles. The van der Waals surface area contributed by atoms with Crippen molar-refractivity contribution < 1.29 is 18.7 Å². The fraction of sp³-hybridized carbons (Fsp3) is 0.190. The van der Waals surface area contributed by atoms with Crippen LogP contribution >= 0.6 is 0 Å². The van der Waals surface area contributed by atoms with Crippen LogP contribution in [0.25, 0.3) is 11.3 Å². The number of nitrogens with one attached hydrogen (secondary N) is 2. The Morgan fingerprint density at radius 3 is 2.83 bits per heavy atom. The summed E-state index contributed by atoms with van der Waals surface area (Å²) in [6.45, 7) is 2.20. The summed E-state index contributed by atoms with van der Waals surface area (Å²) < 4.78 is 18.8. The highest BCUT2D eigenvalue weighted by Gasteiger charge is 2.32. The van der Waals surface area contributed by atoms with Crippen molar-refractivity contribution in [2.24, 2.45) is 0 Å². The van der Waals surface area contributed by atoms with E-state index in [-0.39, 0.29) is 24.0 Å². The second-order valence-electron chi connectivity index (χ2n) is 6.79. The quantitative estimate of drug-likeness (QED) is 0.695. The number of ether oxygens (including phenoxy) is 1. The number of anilines is 1. The van der Waals surface area contributed by atoms with E-state index in [0.717, 1.165) is 5.69 Å². The van der Waals surface area contributed by atoms with Crippen molar-refractivity contribution in [3.8, 4) is 11.3 Å². The second kappa shape index (κ2) is 7.75. The molecule has 1 unspecified atom stereocenters. The maximum absolute atomic E-state index is 13.4. The van der Waals surface area contributed by atoms with Crippen molar-refractivity contribution in [1.82, 2.24) is 15.5 Å². The summed E-state index contributed by atoms with van der Waals surface area (Å²) in [4.78, 5) is 26.0. The van der Waals surface area contributed by atoms with E-state index in [2.05, 4.69) is 15.5 Å². The normalized spacial score (nSPS) is 16.0. The van der Waals surface area contributed by atoms with Crippen molar-refractivity contribution in [3.05, 3.63) is 71.7 Å². The van der Waals surface area contributed by atoms with Crippen LogP contribution in [-0.4, -0.2) is 41.4 Å². The van der Waals surface area contributed by atoms with Gasteiger partial charge in [-0.3, -0.25) is 14.8 Å². The first-order valence-electron chi connectivity index (χ1n) is 9.14. The average Bonchev–Trinajstić information content (AvgIpc) is 3.36. The zero-order chi connectivity index (χ0) is 20.4. The number of benzene rings is 2. The first-order chi connectivity index (χ1) is 14.0. The molecule has 3 aromatic rings. The maximum Gasteiger partial charge on any atom is 0.414 e. The van der Waals surface area contributed by atoms with Crippen LogP contribution in [0.1, 0.15) is 16.1 Å². The van der Waals surface area contributed by atoms with Crippen LogP contribution in [0.5, 0.6) is 0 Å². The van der Waals surface area contributed by atoms with Gasteiger partial charge in [0.25, 0.3) is 5.91 Å². The van der Waals surface area contributed by atoms with Gasteiger partial charge in [0.2, 0.25) is 0 Å². The molecule has 0 bridgehead atoms. The van der Waals surface area contributed by atoms with Crippen LogP contribution in [-0.2, 0) is 4.74 Å². The molecule has 8 heteroatoms. The number of carbonyl (C=O) groups excluding carboxylic acids is 2. The molecule has 0 aliphatic carbocycles. The second-order valence-corrected chi connectivity index (χ2v) is 6.79. The minimum absolute atomic E-state index is 0.178. The molecule has 1 atom stereocenters. The smallest absolute Gasteiger partial charge is 0.414 e. The number of aromatic nitrogens is 2. The number of amides is 2. The summed E-state index contributed by atoms with van der Waals surface area (Å²) in [5, 5.41) is 9.55. The molecule has 1 fully saturated rings. The number of aromatic amines is 1. The van der Waals surface area contributed by atoms with Gasteiger partial charge in [-0.25, -0.2) is 9.18 Å². The van der Waals surface area contributed by atoms with Crippen LogP contribution in [0.15, 0.2) is 54.6 Å². The van der Waals surface area contributed by atoms with E-state index < -0.39 is 12.2 Å². The van der Waals surface area contributed by atoms with Crippen LogP contribution in [0.4, 0.5) is 14.9 Å². The van der Waals surface area contributed by atoms with Crippen molar-refractivity contribution >= 4 is 17.7 Å². The molecule has 29 heavy (non-hydrogen) atoms. The fourth-order valence-corrected chi connectivity index (χ4v) is 3.14. The molecule has 1 aromatic heterocycles. The number of halogens is 1. The van der Waals surface area contributed by atoms with Crippen molar-refractivity contribution in [3.63, 3.8) is 0 Å². The van der Waals surface area contributed by atoms with E-state index in [1.54, 1.807) is 25.1 Å². The predicted octanol–water partition coefficient (Wildman–Crippen LogP) is 3.28. The molecule has 1 aliphatic heterocycles. The monoisotopic (exact) mass is 394 g/mol. The summed E-state index contributed by atoms with van der Waals surface area (Å²) in [5.41, 5.74) is 2.77. The van der Waals surface area contributed by atoms with Gasteiger partial charge in [0.05, 0.1) is 18.8 Å². The average molecular weight is 394 g/mol. The van der Waals surface area contributed by atoms with Gasteiger partial charge >= 0.3 is 6.09 Å². The number of hydrogen-bond acceptors (Lipinski definition) is 4. The Labute approximate surface area is 166 Å². The molecule has 0 saturated carbocycles. The highest BCUT2D eigenvalue weighted by molar-refractivity contribution is 5.93. The van der Waals surface area contributed by atoms with Gasteiger partial charge in [0, 0.05) is 11.3 Å². The van der Waals surface area contributed by atoms with E-state index in [0.29, 0.717) is 23.4 Å². The third-order valence-electron chi connectivity index (χ3n) is 4.71. The van der Waals surface area contributed by atoms with Gasteiger partial charge < -0.3 is 10.1 Å². The van der Waals surface area contributed by atoms with Crippen molar-refractivity contribution in [2.75, 3.05) is 18.0 Å². The summed E-state index contributed by atoms with van der Waals surface area (Å²) in [5.74, 6) is -0.658. The SMILES string of the molecule is Cc1cc(-c2cc(C(=O)NCC3CN(c4ccccc4)C(=O)O3)[nH]n2)ccc1F. The first kappa shape index (κ1) is 18.7. The van der Waals surface area contributed by atoms with Gasteiger partial charge in [0.1, 0.15) is 17.6 Å². The minimum atomic E-state index is -0.450. The number of aryl methyl sites for hydroxylation is 1. The van der Waals surface area contributed by atoms with Gasteiger partial charge in [-0.05, 0) is 48.9 Å². The Kier molecular flexibility index (Phi) is 4.99. The number of para-hydroxylation sites is 1. The molecule has 2 N–H and O–H groups in total. The van der Waals surface area contributed by atoms with Crippen LogP contribution < -0.4 is 10.2 Å². The summed E-state index contributed by atoms with van der Waals surface area (Å²) in [6, 6.07) is 15.4. The van der Waals surface area contributed by atoms with E-state index in [4.69, 9.17) is 4.74 Å². The lowest BCUT2D eigenvalue weighted by Crippen LogP contribution is -2.34. The standard InChI is InChI=1S/C21H19FN4O3/c1-13-9-14(7-8-17(13)22)18-10-19(25-24-18)20(27)23-11-16-12-26(21(28)29-16)15-5-3-2-4-6-15/h2-10,16H,11-12H2,1H3,(H,23,27)(H,24,25). The van der Waals surface area contributed by atoms with Gasteiger partial charge in [-0.15, -0.1) is 0 Å². The number of carbonyl (C=O) groups is 2.